The third-order valence-corrected chi connectivity index (χ3v) is 2.04. The molecule has 0 unspecified atom stereocenters. The molecule has 0 saturated heterocycles. The number of hydrogen-bond acceptors (Lipinski definition) is 2. The monoisotopic (exact) mass is 189 g/mol. The second-order valence-corrected chi connectivity index (χ2v) is 2.96. The van der Waals surface area contributed by atoms with Gasteiger partial charge in [0.1, 0.15) is 5.65 Å². The molecule has 0 aliphatic heterocycles. The number of aromatic amines is 1. The number of carbonyl (C=O) groups is 1. The summed E-state index contributed by atoms with van der Waals surface area (Å²) in [7, 11) is 0. The van der Waals surface area contributed by atoms with Crippen molar-refractivity contribution >= 4 is 16.9 Å². The number of hydrogen-bond donors (Lipinski definition) is 2. The Morgan fingerprint density at radius 1 is 1.57 bits per heavy atom. The van der Waals surface area contributed by atoms with Crippen LogP contribution in [0.25, 0.3) is 11.0 Å². The summed E-state index contributed by atoms with van der Waals surface area (Å²) in [5.74, 6) is -0.0560. The van der Waals surface area contributed by atoms with Gasteiger partial charge in [-0.15, -0.1) is 0 Å². The van der Waals surface area contributed by atoms with Crippen LogP contribution in [0.1, 0.15) is 17.3 Å². The van der Waals surface area contributed by atoms with Gasteiger partial charge in [0.15, 0.2) is 0 Å². The maximum absolute atomic E-state index is 11.6. The summed E-state index contributed by atoms with van der Waals surface area (Å²) in [6.45, 7) is 2.53. The molecule has 0 aromatic carbocycles. The number of aromatic nitrogens is 2. The molecule has 0 saturated carbocycles. The maximum Gasteiger partial charge on any atom is 0.252 e. The lowest BCUT2D eigenvalue weighted by Gasteiger charge is -2.02. The number of H-pyrrole nitrogens is 1. The fraction of sp³-hybridized carbons (Fsp3) is 0.200. The summed E-state index contributed by atoms with van der Waals surface area (Å²) in [4.78, 5) is 18.7. The van der Waals surface area contributed by atoms with E-state index in [0.29, 0.717) is 12.1 Å². The van der Waals surface area contributed by atoms with E-state index in [-0.39, 0.29) is 5.91 Å². The summed E-state index contributed by atoms with van der Waals surface area (Å²) < 4.78 is 0. The van der Waals surface area contributed by atoms with E-state index in [4.69, 9.17) is 0 Å². The van der Waals surface area contributed by atoms with Crippen molar-refractivity contribution < 1.29 is 4.79 Å². The molecule has 0 spiro atoms. The van der Waals surface area contributed by atoms with E-state index >= 15 is 0 Å². The van der Waals surface area contributed by atoms with Crippen LogP contribution < -0.4 is 5.32 Å². The number of nitrogens with one attached hydrogen (secondary N) is 2. The Bertz CT molecular complexity index is 461. The zero-order valence-electron chi connectivity index (χ0n) is 7.87. The second kappa shape index (κ2) is 3.49. The molecular formula is C10H11N3O. The smallest absolute Gasteiger partial charge is 0.252 e. The molecule has 0 aliphatic carbocycles. The lowest BCUT2D eigenvalue weighted by atomic mass is 10.2. The molecular weight excluding hydrogens is 178 g/mol. The molecule has 2 aromatic rings. The molecule has 2 N–H and O–H groups in total. The summed E-state index contributed by atoms with van der Waals surface area (Å²) in [5.41, 5.74) is 1.41. The maximum atomic E-state index is 11.6. The predicted molar refractivity (Wildman–Crippen MR) is 54.1 cm³/mol. The first-order valence-electron chi connectivity index (χ1n) is 4.53. The molecule has 4 heteroatoms. The lowest BCUT2D eigenvalue weighted by Crippen LogP contribution is -2.22. The molecule has 0 aliphatic rings. The number of carbonyl (C=O) groups excluding carboxylic acids is 1. The minimum absolute atomic E-state index is 0.0560. The van der Waals surface area contributed by atoms with Crippen LogP contribution >= 0.6 is 0 Å². The van der Waals surface area contributed by atoms with Gasteiger partial charge in [0, 0.05) is 24.3 Å². The standard InChI is InChI=1S/C10H11N3O/c1-2-11-10(14)8-4-6-13-9-7(8)3-5-12-9/h3-6H,2H2,1H3,(H,11,14)(H,12,13). The first-order valence-corrected chi connectivity index (χ1v) is 4.53. The minimum Gasteiger partial charge on any atom is -0.352 e. The molecule has 2 heterocycles. The van der Waals surface area contributed by atoms with Crippen molar-refractivity contribution in [1.82, 2.24) is 15.3 Å². The van der Waals surface area contributed by atoms with Crippen LogP contribution in [0.15, 0.2) is 24.5 Å². The Hall–Kier alpha value is -1.84. The largest absolute Gasteiger partial charge is 0.352 e. The number of nitrogens with zero attached hydrogens (tertiary/aromatic N) is 1. The van der Waals surface area contributed by atoms with Crippen LogP contribution in [0.4, 0.5) is 0 Å². The number of pyridine rings is 1. The van der Waals surface area contributed by atoms with Gasteiger partial charge in [-0.2, -0.15) is 0 Å². The number of rotatable bonds is 2. The van der Waals surface area contributed by atoms with E-state index in [1.165, 1.54) is 0 Å². The van der Waals surface area contributed by atoms with Gasteiger partial charge < -0.3 is 10.3 Å². The zero-order chi connectivity index (χ0) is 9.97. The molecule has 0 bridgehead atoms. The van der Waals surface area contributed by atoms with E-state index in [9.17, 15) is 4.79 Å². The van der Waals surface area contributed by atoms with Gasteiger partial charge >= 0.3 is 0 Å². The summed E-state index contributed by atoms with van der Waals surface area (Å²) in [6, 6.07) is 3.58. The SMILES string of the molecule is CCNC(=O)c1ccnc2[nH]ccc12. The zero-order valence-corrected chi connectivity index (χ0v) is 7.87. The topological polar surface area (TPSA) is 57.8 Å². The van der Waals surface area contributed by atoms with Crippen LogP contribution in [0.3, 0.4) is 0 Å². The number of fused-ring (bicyclic) bond motifs is 1. The van der Waals surface area contributed by atoms with Crippen molar-refractivity contribution in [3.8, 4) is 0 Å². The highest BCUT2D eigenvalue weighted by Crippen LogP contribution is 2.14. The Balaban J connectivity index is 2.50. The summed E-state index contributed by atoms with van der Waals surface area (Å²) in [6.07, 6.45) is 3.41. The Kier molecular flexibility index (Phi) is 2.18. The van der Waals surface area contributed by atoms with E-state index < -0.39 is 0 Å². The van der Waals surface area contributed by atoms with Gasteiger partial charge in [-0.3, -0.25) is 4.79 Å². The van der Waals surface area contributed by atoms with Crippen molar-refractivity contribution in [2.45, 2.75) is 6.92 Å². The molecule has 0 atom stereocenters. The normalized spacial score (nSPS) is 10.4. The summed E-state index contributed by atoms with van der Waals surface area (Å²) >= 11 is 0. The van der Waals surface area contributed by atoms with Gasteiger partial charge in [0.2, 0.25) is 0 Å². The Morgan fingerprint density at radius 2 is 2.43 bits per heavy atom. The third-order valence-electron chi connectivity index (χ3n) is 2.04. The first kappa shape index (κ1) is 8.74. The fourth-order valence-corrected chi connectivity index (χ4v) is 1.41. The van der Waals surface area contributed by atoms with Gasteiger partial charge in [0.25, 0.3) is 5.91 Å². The highest BCUT2D eigenvalue weighted by molar-refractivity contribution is 6.05. The third kappa shape index (κ3) is 1.35. The second-order valence-electron chi connectivity index (χ2n) is 2.96. The summed E-state index contributed by atoms with van der Waals surface area (Å²) in [5, 5.41) is 3.62. The van der Waals surface area contributed by atoms with E-state index in [0.717, 1.165) is 11.0 Å². The van der Waals surface area contributed by atoms with Crippen LogP contribution in [0.5, 0.6) is 0 Å². The molecule has 14 heavy (non-hydrogen) atoms. The average molecular weight is 189 g/mol. The molecule has 72 valence electrons. The number of amides is 1. The van der Waals surface area contributed by atoms with Crippen LogP contribution in [0.2, 0.25) is 0 Å². The van der Waals surface area contributed by atoms with Gasteiger partial charge in [-0.1, -0.05) is 0 Å². The molecule has 0 radical (unpaired) electrons. The minimum atomic E-state index is -0.0560. The van der Waals surface area contributed by atoms with Crippen molar-refractivity contribution in [3.63, 3.8) is 0 Å². The van der Waals surface area contributed by atoms with Crippen molar-refractivity contribution in [2.24, 2.45) is 0 Å². The highest BCUT2D eigenvalue weighted by Gasteiger charge is 2.09. The Labute approximate surface area is 81.3 Å². The molecule has 1 amide bonds. The molecule has 4 nitrogen and oxygen atoms in total. The predicted octanol–water partition coefficient (Wildman–Crippen LogP) is 1.31. The first-order chi connectivity index (χ1) is 6.83. The van der Waals surface area contributed by atoms with Crippen LogP contribution in [-0.2, 0) is 0 Å². The van der Waals surface area contributed by atoms with Gasteiger partial charge in [-0.25, -0.2) is 4.98 Å². The molecule has 2 aromatic heterocycles. The van der Waals surface area contributed by atoms with Crippen LogP contribution in [0, 0.1) is 0 Å². The fourth-order valence-electron chi connectivity index (χ4n) is 1.41. The average Bonchev–Trinajstić information content (AvgIpc) is 2.65. The lowest BCUT2D eigenvalue weighted by molar-refractivity contribution is 0.0957. The van der Waals surface area contributed by atoms with E-state index in [1.807, 2.05) is 13.0 Å². The molecule has 0 fully saturated rings. The molecule has 2 rings (SSSR count). The Morgan fingerprint density at radius 3 is 3.21 bits per heavy atom. The van der Waals surface area contributed by atoms with E-state index in [1.54, 1.807) is 18.5 Å². The van der Waals surface area contributed by atoms with E-state index in [2.05, 4.69) is 15.3 Å². The van der Waals surface area contributed by atoms with Gasteiger partial charge in [-0.05, 0) is 19.1 Å². The highest BCUT2D eigenvalue weighted by atomic mass is 16.1. The van der Waals surface area contributed by atoms with Crippen LogP contribution in [-0.4, -0.2) is 22.4 Å². The van der Waals surface area contributed by atoms with Gasteiger partial charge in [0.05, 0.1) is 5.56 Å². The van der Waals surface area contributed by atoms with Crippen molar-refractivity contribution in [2.75, 3.05) is 6.54 Å². The quantitative estimate of drug-likeness (QED) is 0.748. The van der Waals surface area contributed by atoms with Crippen molar-refractivity contribution in [3.05, 3.63) is 30.1 Å². The van der Waals surface area contributed by atoms with Crippen molar-refractivity contribution in [1.29, 1.82) is 0 Å².